The summed E-state index contributed by atoms with van der Waals surface area (Å²) in [6, 6.07) is 4.30. The molecule has 0 saturated heterocycles. The lowest BCUT2D eigenvalue weighted by atomic mass is 10.1. The van der Waals surface area contributed by atoms with Crippen LogP contribution in [0.3, 0.4) is 0 Å². The summed E-state index contributed by atoms with van der Waals surface area (Å²) in [6.07, 6.45) is 0. The lowest BCUT2D eigenvalue weighted by Gasteiger charge is -2.20. The maximum Gasteiger partial charge on any atom is 0.338 e. The van der Waals surface area contributed by atoms with Gasteiger partial charge in [0.05, 0.1) is 21.3 Å². The van der Waals surface area contributed by atoms with Gasteiger partial charge in [-0.15, -0.1) is 11.3 Å². The van der Waals surface area contributed by atoms with Gasteiger partial charge in [0.25, 0.3) is 5.91 Å². The highest BCUT2D eigenvalue weighted by atomic mass is 32.1. The van der Waals surface area contributed by atoms with Crippen LogP contribution < -0.4 is 10.6 Å². The summed E-state index contributed by atoms with van der Waals surface area (Å²) in [7, 11) is 0. The number of ether oxygens (including phenoxy) is 1. The number of amides is 3. The molecule has 122 valence electrons. The number of thiazole rings is 1. The van der Waals surface area contributed by atoms with Crippen molar-refractivity contribution in [2.45, 2.75) is 26.3 Å². The van der Waals surface area contributed by atoms with Crippen molar-refractivity contribution < 1.29 is 19.1 Å². The topological polar surface area (TPSA) is 97.4 Å². The largest absolute Gasteiger partial charge is 0.452 e. The third-order valence-electron chi connectivity index (χ3n) is 2.64. The van der Waals surface area contributed by atoms with E-state index < -0.39 is 30.1 Å². The Balaban J connectivity index is 1.86. The summed E-state index contributed by atoms with van der Waals surface area (Å²) in [5.74, 6) is -1.33. The van der Waals surface area contributed by atoms with Crippen LogP contribution in [0.4, 0.5) is 4.79 Å². The van der Waals surface area contributed by atoms with Crippen molar-refractivity contribution in [1.29, 1.82) is 0 Å². The Kier molecular flexibility index (Phi) is 4.95. The van der Waals surface area contributed by atoms with Gasteiger partial charge in [-0.2, -0.15) is 0 Å². The van der Waals surface area contributed by atoms with Gasteiger partial charge in [0.1, 0.15) is 0 Å². The molecule has 0 radical (unpaired) electrons. The van der Waals surface area contributed by atoms with Gasteiger partial charge in [-0.1, -0.05) is 0 Å². The third-order valence-corrected chi connectivity index (χ3v) is 3.43. The maximum atomic E-state index is 11.9. The monoisotopic (exact) mass is 335 g/mol. The van der Waals surface area contributed by atoms with Gasteiger partial charge < -0.3 is 10.1 Å². The minimum absolute atomic E-state index is 0.327. The van der Waals surface area contributed by atoms with Crippen LogP contribution in [-0.4, -0.2) is 35.0 Å². The molecular formula is C15H17N3O4S. The van der Waals surface area contributed by atoms with E-state index in [1.807, 2.05) is 0 Å². The van der Waals surface area contributed by atoms with Crippen LogP contribution >= 0.6 is 11.3 Å². The van der Waals surface area contributed by atoms with Crippen molar-refractivity contribution in [3.8, 4) is 0 Å². The molecule has 0 spiro atoms. The van der Waals surface area contributed by atoms with Gasteiger partial charge in [-0.25, -0.2) is 14.6 Å². The fourth-order valence-electron chi connectivity index (χ4n) is 1.73. The number of carbonyl (C=O) groups is 3. The van der Waals surface area contributed by atoms with E-state index >= 15 is 0 Å². The number of hydrogen-bond donors (Lipinski definition) is 2. The molecule has 0 bridgehead atoms. The van der Waals surface area contributed by atoms with E-state index in [1.165, 1.54) is 11.3 Å². The van der Waals surface area contributed by atoms with Gasteiger partial charge in [0.15, 0.2) is 6.61 Å². The molecule has 1 heterocycles. The van der Waals surface area contributed by atoms with Gasteiger partial charge in [0, 0.05) is 5.54 Å². The van der Waals surface area contributed by atoms with Crippen LogP contribution in [0, 0.1) is 0 Å². The number of hydrogen-bond acceptors (Lipinski definition) is 6. The highest BCUT2D eigenvalue weighted by molar-refractivity contribution is 7.16. The zero-order valence-corrected chi connectivity index (χ0v) is 13.8. The van der Waals surface area contributed by atoms with Gasteiger partial charge in [0.2, 0.25) is 0 Å². The molecule has 7 nitrogen and oxygen atoms in total. The van der Waals surface area contributed by atoms with Gasteiger partial charge in [-0.05, 0) is 39.0 Å². The highest BCUT2D eigenvalue weighted by Crippen LogP contribution is 2.19. The Labute approximate surface area is 137 Å². The van der Waals surface area contributed by atoms with Crippen LogP contribution in [0.1, 0.15) is 31.1 Å². The molecule has 0 atom stereocenters. The zero-order chi connectivity index (χ0) is 17.0. The van der Waals surface area contributed by atoms with E-state index in [4.69, 9.17) is 4.74 Å². The maximum absolute atomic E-state index is 11.9. The summed E-state index contributed by atoms with van der Waals surface area (Å²) in [5.41, 5.74) is 2.34. The van der Waals surface area contributed by atoms with Crippen molar-refractivity contribution in [2.24, 2.45) is 0 Å². The number of fused-ring (bicyclic) bond motifs is 1. The molecule has 2 aromatic rings. The molecule has 2 N–H and O–H groups in total. The van der Waals surface area contributed by atoms with Crippen molar-refractivity contribution in [3.05, 3.63) is 29.3 Å². The molecule has 1 aromatic carbocycles. The highest BCUT2D eigenvalue weighted by Gasteiger charge is 2.17. The first kappa shape index (κ1) is 16.9. The second-order valence-corrected chi connectivity index (χ2v) is 6.75. The summed E-state index contributed by atoms with van der Waals surface area (Å²) in [4.78, 5) is 39.1. The standard InChI is InChI=1S/C15H17N3O4S/c1-15(2,3)18-14(21)17-12(19)7-22-13(20)9-4-5-10-11(6-9)23-8-16-10/h4-6,8H,7H2,1-3H3,(H2,17,18,19,21). The second-order valence-electron chi connectivity index (χ2n) is 5.86. The SMILES string of the molecule is CC(C)(C)NC(=O)NC(=O)COC(=O)c1ccc2ncsc2c1. The molecule has 0 saturated carbocycles. The number of rotatable bonds is 3. The van der Waals surface area contributed by atoms with E-state index in [0.29, 0.717) is 5.56 Å². The molecular weight excluding hydrogens is 318 g/mol. The number of urea groups is 1. The molecule has 0 aliphatic heterocycles. The van der Waals surface area contributed by atoms with Crippen LogP contribution in [0.15, 0.2) is 23.7 Å². The summed E-state index contributed by atoms with van der Waals surface area (Å²) in [5, 5.41) is 4.66. The van der Waals surface area contributed by atoms with Crippen LogP contribution in [0.25, 0.3) is 10.2 Å². The van der Waals surface area contributed by atoms with Crippen LogP contribution in [0.2, 0.25) is 0 Å². The smallest absolute Gasteiger partial charge is 0.338 e. The van der Waals surface area contributed by atoms with E-state index in [0.717, 1.165) is 10.2 Å². The number of nitrogens with one attached hydrogen (secondary N) is 2. The van der Waals surface area contributed by atoms with E-state index in [-0.39, 0.29) is 0 Å². The van der Waals surface area contributed by atoms with E-state index in [9.17, 15) is 14.4 Å². The minimum Gasteiger partial charge on any atom is -0.452 e. The van der Waals surface area contributed by atoms with Gasteiger partial charge in [-0.3, -0.25) is 10.1 Å². The van der Waals surface area contributed by atoms with Crippen molar-refractivity contribution in [1.82, 2.24) is 15.6 Å². The Bertz CT molecular complexity index is 749. The lowest BCUT2D eigenvalue weighted by molar-refractivity contribution is -0.123. The normalized spacial score (nSPS) is 11.1. The molecule has 0 unspecified atom stereocenters. The Morgan fingerprint density at radius 3 is 2.70 bits per heavy atom. The molecule has 0 aliphatic carbocycles. The second kappa shape index (κ2) is 6.74. The molecule has 23 heavy (non-hydrogen) atoms. The fraction of sp³-hybridized carbons (Fsp3) is 0.333. The summed E-state index contributed by atoms with van der Waals surface area (Å²) in [6.45, 7) is 4.82. The number of nitrogens with zero attached hydrogens (tertiary/aromatic N) is 1. The Morgan fingerprint density at radius 1 is 1.26 bits per heavy atom. The molecule has 1 aromatic heterocycles. The average Bonchev–Trinajstić information content (AvgIpc) is 2.89. The third kappa shape index (κ3) is 5.03. The number of carbonyl (C=O) groups excluding carboxylic acids is 3. The summed E-state index contributed by atoms with van der Waals surface area (Å²) < 4.78 is 5.75. The fourth-order valence-corrected chi connectivity index (χ4v) is 2.45. The molecule has 2 rings (SSSR count). The number of aromatic nitrogens is 1. The predicted octanol–water partition coefficient (Wildman–Crippen LogP) is 2.08. The molecule has 8 heteroatoms. The Hall–Kier alpha value is -2.48. The number of imide groups is 1. The molecule has 0 fully saturated rings. The predicted molar refractivity (Wildman–Crippen MR) is 86.3 cm³/mol. The van der Waals surface area contributed by atoms with Crippen molar-refractivity contribution >= 4 is 39.5 Å². The molecule has 0 aliphatic rings. The first-order chi connectivity index (χ1) is 10.7. The average molecular weight is 335 g/mol. The first-order valence-corrected chi connectivity index (χ1v) is 7.75. The van der Waals surface area contributed by atoms with Crippen LogP contribution in [-0.2, 0) is 9.53 Å². The zero-order valence-electron chi connectivity index (χ0n) is 13.0. The lowest BCUT2D eigenvalue weighted by Crippen LogP contribution is -2.49. The van der Waals surface area contributed by atoms with E-state index in [2.05, 4.69) is 15.6 Å². The summed E-state index contributed by atoms with van der Waals surface area (Å²) >= 11 is 1.41. The Morgan fingerprint density at radius 2 is 2.00 bits per heavy atom. The van der Waals surface area contributed by atoms with Crippen molar-refractivity contribution in [2.75, 3.05) is 6.61 Å². The first-order valence-electron chi connectivity index (χ1n) is 6.87. The van der Waals surface area contributed by atoms with E-state index in [1.54, 1.807) is 44.5 Å². The van der Waals surface area contributed by atoms with Crippen molar-refractivity contribution in [3.63, 3.8) is 0 Å². The number of benzene rings is 1. The van der Waals surface area contributed by atoms with Crippen LogP contribution in [0.5, 0.6) is 0 Å². The quantitative estimate of drug-likeness (QED) is 0.837. The van der Waals surface area contributed by atoms with Gasteiger partial charge >= 0.3 is 12.0 Å². The molecule has 3 amide bonds. The minimum atomic E-state index is -0.695. The number of esters is 1.